The van der Waals surface area contributed by atoms with Crippen molar-refractivity contribution in [3.63, 3.8) is 0 Å². The molecule has 5 heteroatoms. The van der Waals surface area contributed by atoms with Gasteiger partial charge >= 0.3 is 0 Å². The Kier molecular flexibility index (Phi) is 5.19. The van der Waals surface area contributed by atoms with Gasteiger partial charge in [-0.1, -0.05) is 60.1 Å². The molecule has 0 fully saturated rings. The van der Waals surface area contributed by atoms with Gasteiger partial charge < -0.3 is 10.6 Å². The van der Waals surface area contributed by atoms with Gasteiger partial charge in [0.1, 0.15) is 11.6 Å². The van der Waals surface area contributed by atoms with E-state index in [2.05, 4.69) is 0 Å². The lowest BCUT2D eigenvalue weighted by Gasteiger charge is -2.29. The molecule has 0 aromatic heterocycles. The maximum Gasteiger partial charge on any atom is 0.149 e. The number of halogens is 3. The van der Waals surface area contributed by atoms with E-state index >= 15 is 0 Å². The Hall–Kier alpha value is -3.37. The van der Waals surface area contributed by atoms with Gasteiger partial charge in [0, 0.05) is 16.8 Å². The zero-order valence-electron chi connectivity index (χ0n) is 15.3. The van der Waals surface area contributed by atoms with Gasteiger partial charge in [-0.25, -0.2) is 8.78 Å². The molecule has 0 atom stereocenters. The van der Waals surface area contributed by atoms with E-state index in [1.807, 2.05) is 59.5 Å². The van der Waals surface area contributed by atoms with Crippen LogP contribution in [-0.4, -0.2) is 0 Å². The molecular formula is C24H17ClF2N2. The second-order valence-electron chi connectivity index (χ2n) is 6.49. The second kappa shape index (κ2) is 7.94. The van der Waals surface area contributed by atoms with Crippen LogP contribution in [0, 0.1) is 11.6 Å². The Labute approximate surface area is 172 Å². The molecule has 0 radical (unpaired) electrons. The van der Waals surface area contributed by atoms with Gasteiger partial charge in [0.15, 0.2) is 0 Å². The SMILES string of the molecule is Nc1cc(F)ccc1N(c1ccccc1)c1ccccc1-c1cccc(Cl)c1F. The molecule has 0 aliphatic carbocycles. The smallest absolute Gasteiger partial charge is 0.149 e. The molecule has 0 saturated carbocycles. The quantitative estimate of drug-likeness (QED) is 0.359. The van der Waals surface area contributed by atoms with Crippen molar-refractivity contribution < 1.29 is 8.78 Å². The number of hydrogen-bond donors (Lipinski definition) is 1. The maximum atomic E-state index is 14.8. The molecule has 0 bridgehead atoms. The van der Waals surface area contributed by atoms with Gasteiger partial charge in [-0.3, -0.25) is 0 Å². The van der Waals surface area contributed by atoms with Gasteiger partial charge in [0.2, 0.25) is 0 Å². The third kappa shape index (κ3) is 3.67. The predicted octanol–water partition coefficient (Wildman–Crippen LogP) is 7.34. The monoisotopic (exact) mass is 406 g/mol. The fourth-order valence-electron chi connectivity index (χ4n) is 3.32. The Balaban J connectivity index is 1.99. The number of hydrogen-bond acceptors (Lipinski definition) is 2. The van der Waals surface area contributed by atoms with Gasteiger partial charge in [-0.05, 0) is 42.5 Å². The van der Waals surface area contributed by atoms with Crippen molar-refractivity contribution in [1.29, 1.82) is 0 Å². The van der Waals surface area contributed by atoms with Crippen molar-refractivity contribution in [3.8, 4) is 11.1 Å². The molecule has 4 rings (SSSR count). The van der Waals surface area contributed by atoms with E-state index in [0.29, 0.717) is 22.5 Å². The zero-order valence-corrected chi connectivity index (χ0v) is 16.1. The summed E-state index contributed by atoms with van der Waals surface area (Å²) in [5.74, 6) is -0.921. The largest absolute Gasteiger partial charge is 0.397 e. The molecule has 0 unspecified atom stereocenters. The zero-order chi connectivity index (χ0) is 20.4. The molecule has 2 N–H and O–H groups in total. The Bertz CT molecular complexity index is 1160. The summed E-state index contributed by atoms with van der Waals surface area (Å²) in [5, 5.41) is 0.0462. The number of nitrogen functional groups attached to an aromatic ring is 1. The average Bonchev–Trinajstić information content (AvgIpc) is 2.73. The lowest BCUT2D eigenvalue weighted by Crippen LogP contribution is -2.13. The number of nitrogens with zero attached hydrogens (tertiary/aromatic N) is 1. The van der Waals surface area contributed by atoms with E-state index in [4.69, 9.17) is 17.3 Å². The average molecular weight is 407 g/mol. The molecule has 29 heavy (non-hydrogen) atoms. The predicted molar refractivity (Wildman–Crippen MR) is 116 cm³/mol. The van der Waals surface area contributed by atoms with Crippen molar-refractivity contribution in [2.75, 3.05) is 10.6 Å². The Morgan fingerprint density at radius 1 is 0.690 bits per heavy atom. The summed E-state index contributed by atoms with van der Waals surface area (Å²) in [6, 6.07) is 26.0. The molecule has 2 nitrogen and oxygen atoms in total. The van der Waals surface area contributed by atoms with Crippen LogP contribution >= 0.6 is 11.6 Å². The highest BCUT2D eigenvalue weighted by molar-refractivity contribution is 6.31. The van der Waals surface area contributed by atoms with E-state index in [1.165, 1.54) is 18.2 Å². The van der Waals surface area contributed by atoms with E-state index in [-0.39, 0.29) is 10.7 Å². The standard InChI is InChI=1S/C24H17ClF2N2/c25-20-11-6-10-19(24(20)27)18-9-4-5-12-22(18)29(17-7-2-1-3-8-17)23-14-13-16(26)15-21(23)28/h1-15H,28H2. The number of nitrogens with two attached hydrogens (primary N) is 1. The number of para-hydroxylation sites is 2. The summed E-state index contributed by atoms with van der Waals surface area (Å²) in [7, 11) is 0. The number of rotatable bonds is 4. The van der Waals surface area contributed by atoms with Gasteiger partial charge in [0.05, 0.1) is 22.1 Å². The topological polar surface area (TPSA) is 29.3 Å². The van der Waals surface area contributed by atoms with Gasteiger partial charge in [-0.15, -0.1) is 0 Å². The van der Waals surface area contributed by atoms with E-state index in [1.54, 1.807) is 18.2 Å². The van der Waals surface area contributed by atoms with Crippen molar-refractivity contribution >= 4 is 34.4 Å². The minimum atomic E-state index is -0.498. The van der Waals surface area contributed by atoms with Crippen LogP contribution < -0.4 is 10.6 Å². The van der Waals surface area contributed by atoms with Crippen molar-refractivity contribution in [1.82, 2.24) is 0 Å². The van der Waals surface area contributed by atoms with Crippen molar-refractivity contribution in [2.45, 2.75) is 0 Å². The Morgan fingerprint density at radius 2 is 1.38 bits per heavy atom. The number of anilines is 4. The molecule has 0 spiro atoms. The first-order valence-corrected chi connectivity index (χ1v) is 9.37. The van der Waals surface area contributed by atoms with Crippen LogP contribution in [0.5, 0.6) is 0 Å². The Morgan fingerprint density at radius 3 is 2.14 bits per heavy atom. The molecule has 4 aromatic carbocycles. The van der Waals surface area contributed by atoms with Crippen LogP contribution in [0.25, 0.3) is 11.1 Å². The van der Waals surface area contributed by atoms with Gasteiger partial charge in [-0.2, -0.15) is 0 Å². The molecule has 0 aliphatic rings. The van der Waals surface area contributed by atoms with Crippen molar-refractivity contribution in [3.05, 3.63) is 108 Å². The third-order valence-corrected chi connectivity index (χ3v) is 4.92. The first kappa shape index (κ1) is 19.0. The third-order valence-electron chi connectivity index (χ3n) is 4.63. The van der Waals surface area contributed by atoms with E-state index < -0.39 is 11.6 Å². The minimum Gasteiger partial charge on any atom is -0.397 e. The van der Waals surface area contributed by atoms with Crippen LogP contribution in [0.4, 0.5) is 31.5 Å². The summed E-state index contributed by atoms with van der Waals surface area (Å²) < 4.78 is 28.5. The fourth-order valence-corrected chi connectivity index (χ4v) is 3.50. The van der Waals surface area contributed by atoms with Crippen LogP contribution in [-0.2, 0) is 0 Å². The first-order chi connectivity index (χ1) is 14.1. The summed E-state index contributed by atoms with van der Waals surface area (Å²) in [4.78, 5) is 1.88. The molecule has 0 saturated heterocycles. The highest BCUT2D eigenvalue weighted by atomic mass is 35.5. The summed E-state index contributed by atoms with van der Waals surface area (Å²) in [5.41, 5.74) is 9.53. The molecule has 4 aromatic rings. The van der Waals surface area contributed by atoms with Gasteiger partial charge in [0.25, 0.3) is 0 Å². The van der Waals surface area contributed by atoms with E-state index in [9.17, 15) is 8.78 Å². The maximum absolute atomic E-state index is 14.8. The normalized spacial score (nSPS) is 10.7. The lowest BCUT2D eigenvalue weighted by atomic mass is 10.0. The van der Waals surface area contributed by atoms with Crippen LogP contribution in [0.1, 0.15) is 0 Å². The summed E-state index contributed by atoms with van der Waals surface area (Å²) >= 11 is 6.02. The summed E-state index contributed by atoms with van der Waals surface area (Å²) in [6.45, 7) is 0. The van der Waals surface area contributed by atoms with E-state index in [0.717, 1.165) is 5.69 Å². The highest BCUT2D eigenvalue weighted by Gasteiger charge is 2.20. The fraction of sp³-hybridized carbons (Fsp3) is 0. The van der Waals surface area contributed by atoms with Crippen LogP contribution in [0.3, 0.4) is 0 Å². The lowest BCUT2D eigenvalue weighted by molar-refractivity contribution is 0.628. The first-order valence-electron chi connectivity index (χ1n) is 9.00. The highest BCUT2D eigenvalue weighted by Crippen LogP contribution is 2.43. The molecule has 0 aliphatic heterocycles. The molecule has 144 valence electrons. The number of benzene rings is 4. The molecule has 0 heterocycles. The second-order valence-corrected chi connectivity index (χ2v) is 6.90. The van der Waals surface area contributed by atoms with Crippen molar-refractivity contribution in [2.24, 2.45) is 0 Å². The van der Waals surface area contributed by atoms with Crippen LogP contribution in [0.2, 0.25) is 5.02 Å². The minimum absolute atomic E-state index is 0.0462. The molecular weight excluding hydrogens is 390 g/mol. The van der Waals surface area contributed by atoms with Crippen LogP contribution in [0.15, 0.2) is 91.0 Å². The molecule has 0 amide bonds. The summed E-state index contributed by atoms with van der Waals surface area (Å²) in [6.07, 6.45) is 0.